The summed E-state index contributed by atoms with van der Waals surface area (Å²) in [5.74, 6) is 1.50. The largest absolute Gasteiger partial charge is 0.441 e. The number of nitrogens with zero attached hydrogens (tertiary/aromatic N) is 1. The van der Waals surface area contributed by atoms with Gasteiger partial charge in [-0.2, -0.15) is 0 Å². The molecule has 0 fully saturated rings. The molecule has 2 rings (SSSR count). The molecule has 0 aromatic carbocycles. The Bertz CT molecular complexity index is 447. The van der Waals surface area contributed by atoms with Crippen LogP contribution in [0.5, 0.6) is 0 Å². The first-order valence-electron chi connectivity index (χ1n) is 4.22. The number of anilines is 1. The van der Waals surface area contributed by atoms with Crippen LogP contribution >= 0.6 is 11.6 Å². The Kier molecular flexibility index (Phi) is 2.21. The molecule has 0 atom stereocenters. The SMILES string of the molecule is CCc1c(N)noc1-c1ccc(Cl)o1. The molecule has 0 saturated heterocycles. The number of aromatic nitrogens is 1. The molecule has 0 radical (unpaired) electrons. The van der Waals surface area contributed by atoms with E-state index in [-0.39, 0.29) is 0 Å². The lowest BCUT2D eigenvalue weighted by Gasteiger charge is -1.93. The average molecular weight is 213 g/mol. The van der Waals surface area contributed by atoms with Gasteiger partial charge in [0.1, 0.15) is 0 Å². The molecule has 0 bridgehead atoms. The number of rotatable bonds is 2. The van der Waals surface area contributed by atoms with Gasteiger partial charge in [-0.3, -0.25) is 0 Å². The molecule has 0 aliphatic rings. The Balaban J connectivity index is 2.51. The van der Waals surface area contributed by atoms with Gasteiger partial charge >= 0.3 is 0 Å². The third-order valence-corrected chi connectivity index (χ3v) is 2.17. The fourth-order valence-corrected chi connectivity index (χ4v) is 1.44. The molecule has 2 aromatic heterocycles. The van der Waals surface area contributed by atoms with Crippen molar-refractivity contribution in [3.63, 3.8) is 0 Å². The number of halogens is 1. The zero-order valence-corrected chi connectivity index (χ0v) is 8.34. The van der Waals surface area contributed by atoms with Gasteiger partial charge in [-0.25, -0.2) is 0 Å². The van der Waals surface area contributed by atoms with Crippen molar-refractivity contribution in [2.45, 2.75) is 13.3 Å². The molecule has 2 aromatic rings. The predicted octanol–water partition coefficient (Wildman–Crippen LogP) is 2.73. The van der Waals surface area contributed by atoms with Crippen LogP contribution in [0.3, 0.4) is 0 Å². The second-order valence-electron chi connectivity index (χ2n) is 2.83. The van der Waals surface area contributed by atoms with Crippen molar-refractivity contribution in [3.05, 3.63) is 22.9 Å². The van der Waals surface area contributed by atoms with Crippen molar-refractivity contribution in [1.82, 2.24) is 5.16 Å². The van der Waals surface area contributed by atoms with Crippen molar-refractivity contribution in [2.75, 3.05) is 5.73 Å². The summed E-state index contributed by atoms with van der Waals surface area (Å²) in [5, 5.41) is 3.99. The molecular weight excluding hydrogens is 204 g/mol. The molecule has 74 valence electrons. The minimum absolute atomic E-state index is 0.317. The van der Waals surface area contributed by atoms with Crippen molar-refractivity contribution < 1.29 is 8.94 Å². The van der Waals surface area contributed by atoms with Gasteiger partial charge in [0.05, 0.1) is 0 Å². The highest BCUT2D eigenvalue weighted by molar-refractivity contribution is 6.28. The van der Waals surface area contributed by atoms with E-state index >= 15 is 0 Å². The summed E-state index contributed by atoms with van der Waals surface area (Å²) in [4.78, 5) is 0. The zero-order valence-electron chi connectivity index (χ0n) is 7.58. The van der Waals surface area contributed by atoms with E-state index in [2.05, 4.69) is 5.16 Å². The minimum atomic E-state index is 0.317. The van der Waals surface area contributed by atoms with E-state index in [9.17, 15) is 0 Å². The fraction of sp³-hybridized carbons (Fsp3) is 0.222. The summed E-state index contributed by atoms with van der Waals surface area (Å²) in [5.41, 5.74) is 6.46. The van der Waals surface area contributed by atoms with E-state index in [4.69, 9.17) is 26.3 Å². The van der Waals surface area contributed by atoms with E-state index in [1.807, 2.05) is 6.92 Å². The Labute approximate surface area is 85.6 Å². The summed E-state index contributed by atoms with van der Waals surface area (Å²) < 4.78 is 10.3. The van der Waals surface area contributed by atoms with Crippen LogP contribution in [-0.2, 0) is 6.42 Å². The highest BCUT2D eigenvalue weighted by atomic mass is 35.5. The van der Waals surface area contributed by atoms with Crippen LogP contribution in [0.15, 0.2) is 21.1 Å². The minimum Gasteiger partial charge on any atom is -0.441 e. The summed E-state index contributed by atoms with van der Waals surface area (Å²) in [6.45, 7) is 1.97. The molecule has 0 unspecified atom stereocenters. The van der Waals surface area contributed by atoms with Gasteiger partial charge in [0, 0.05) is 5.56 Å². The summed E-state index contributed by atoms with van der Waals surface area (Å²) >= 11 is 5.65. The van der Waals surface area contributed by atoms with Crippen molar-refractivity contribution >= 4 is 17.4 Å². The number of furan rings is 1. The lowest BCUT2D eigenvalue weighted by molar-refractivity contribution is 0.420. The van der Waals surface area contributed by atoms with E-state index in [1.54, 1.807) is 12.1 Å². The van der Waals surface area contributed by atoms with Gasteiger partial charge in [-0.05, 0) is 30.2 Å². The second kappa shape index (κ2) is 3.38. The Morgan fingerprint density at radius 2 is 2.29 bits per heavy atom. The number of nitrogen functional groups attached to an aromatic ring is 1. The van der Waals surface area contributed by atoms with Crippen LogP contribution in [0.4, 0.5) is 5.82 Å². The summed E-state index contributed by atoms with van der Waals surface area (Å²) in [6.07, 6.45) is 0.739. The van der Waals surface area contributed by atoms with Crippen LogP contribution in [-0.4, -0.2) is 5.16 Å². The third-order valence-electron chi connectivity index (χ3n) is 1.97. The van der Waals surface area contributed by atoms with Gasteiger partial charge in [0.15, 0.2) is 16.8 Å². The van der Waals surface area contributed by atoms with Gasteiger partial charge in [-0.1, -0.05) is 12.1 Å². The van der Waals surface area contributed by atoms with Crippen LogP contribution in [0, 0.1) is 0 Å². The summed E-state index contributed by atoms with van der Waals surface area (Å²) in [7, 11) is 0. The molecule has 0 aliphatic heterocycles. The standard InChI is InChI=1S/C9H9ClN2O2/c1-2-5-8(14-12-9(5)11)6-3-4-7(10)13-6/h3-4H,2H2,1H3,(H2,11,12). The number of nitrogens with two attached hydrogens (primary N) is 1. The fourth-order valence-electron chi connectivity index (χ4n) is 1.29. The lowest BCUT2D eigenvalue weighted by atomic mass is 10.1. The van der Waals surface area contributed by atoms with Crippen LogP contribution in [0.25, 0.3) is 11.5 Å². The monoisotopic (exact) mass is 212 g/mol. The first-order valence-corrected chi connectivity index (χ1v) is 4.60. The second-order valence-corrected chi connectivity index (χ2v) is 3.21. The van der Waals surface area contributed by atoms with E-state index in [0.29, 0.717) is 22.6 Å². The molecular formula is C9H9ClN2O2. The first kappa shape index (κ1) is 9.15. The van der Waals surface area contributed by atoms with E-state index < -0.39 is 0 Å². The predicted molar refractivity (Wildman–Crippen MR) is 53.0 cm³/mol. The third kappa shape index (κ3) is 1.37. The first-order chi connectivity index (χ1) is 6.72. The van der Waals surface area contributed by atoms with Crippen LogP contribution in [0.2, 0.25) is 5.22 Å². The Morgan fingerprint density at radius 1 is 1.50 bits per heavy atom. The Morgan fingerprint density at radius 3 is 2.86 bits per heavy atom. The maximum absolute atomic E-state index is 5.65. The number of hydrogen-bond acceptors (Lipinski definition) is 4. The van der Waals surface area contributed by atoms with Crippen molar-refractivity contribution in [3.8, 4) is 11.5 Å². The van der Waals surface area contributed by atoms with Gasteiger partial charge in [0.2, 0.25) is 5.76 Å². The quantitative estimate of drug-likeness (QED) is 0.831. The maximum atomic E-state index is 5.65. The van der Waals surface area contributed by atoms with Crippen LogP contribution < -0.4 is 5.73 Å². The molecule has 0 spiro atoms. The molecule has 2 N–H and O–H groups in total. The normalized spacial score (nSPS) is 10.7. The molecule has 2 heterocycles. The van der Waals surface area contributed by atoms with Crippen LogP contribution in [0.1, 0.15) is 12.5 Å². The van der Waals surface area contributed by atoms with Gasteiger partial charge < -0.3 is 14.7 Å². The molecule has 14 heavy (non-hydrogen) atoms. The lowest BCUT2D eigenvalue weighted by Crippen LogP contribution is -1.90. The van der Waals surface area contributed by atoms with Gasteiger partial charge in [0.25, 0.3) is 0 Å². The number of hydrogen-bond donors (Lipinski definition) is 1. The molecule has 0 saturated carbocycles. The molecule has 4 nitrogen and oxygen atoms in total. The topological polar surface area (TPSA) is 65.2 Å². The maximum Gasteiger partial charge on any atom is 0.207 e. The van der Waals surface area contributed by atoms with E-state index in [1.165, 1.54) is 0 Å². The van der Waals surface area contributed by atoms with Crippen molar-refractivity contribution in [1.29, 1.82) is 0 Å². The van der Waals surface area contributed by atoms with Gasteiger partial charge in [-0.15, -0.1) is 0 Å². The molecule has 0 aliphatic carbocycles. The zero-order chi connectivity index (χ0) is 10.1. The highest BCUT2D eigenvalue weighted by Crippen LogP contribution is 2.30. The summed E-state index contributed by atoms with van der Waals surface area (Å²) in [6, 6.07) is 3.37. The Hall–Kier alpha value is -1.42. The highest BCUT2D eigenvalue weighted by Gasteiger charge is 2.16. The smallest absolute Gasteiger partial charge is 0.207 e. The van der Waals surface area contributed by atoms with Crippen molar-refractivity contribution in [2.24, 2.45) is 0 Å². The average Bonchev–Trinajstić information content (AvgIpc) is 2.71. The molecule has 0 amide bonds. The van der Waals surface area contributed by atoms with E-state index in [0.717, 1.165) is 12.0 Å². The molecule has 5 heteroatoms.